The van der Waals surface area contributed by atoms with Gasteiger partial charge in [-0.1, -0.05) is 12.1 Å². The number of nitrogens with zero attached hydrogens (tertiary/aromatic N) is 1. The van der Waals surface area contributed by atoms with E-state index in [2.05, 4.69) is 0 Å². The Morgan fingerprint density at radius 2 is 2.21 bits per heavy atom. The molecule has 0 unspecified atom stereocenters. The second-order valence-corrected chi connectivity index (χ2v) is 2.96. The highest BCUT2D eigenvalue weighted by molar-refractivity contribution is 5.77. The first-order valence-corrected chi connectivity index (χ1v) is 4.03. The Kier molecular flexibility index (Phi) is 2.81. The second-order valence-electron chi connectivity index (χ2n) is 2.96. The standard InChI is InChI=1S/C9H10N2O3/c1-6-7(5-9(10)12)3-2-4-8(6)11(13)14/h2-4H,5H2,1H3,(H2,10,12). The molecule has 0 spiro atoms. The third kappa shape index (κ3) is 2.07. The van der Waals surface area contributed by atoms with Crippen LogP contribution in [-0.2, 0) is 11.2 Å². The summed E-state index contributed by atoms with van der Waals surface area (Å²) in [5, 5.41) is 10.5. The molecule has 14 heavy (non-hydrogen) atoms. The maximum atomic E-state index is 10.7. The van der Waals surface area contributed by atoms with Gasteiger partial charge in [-0.2, -0.15) is 0 Å². The van der Waals surface area contributed by atoms with Crippen molar-refractivity contribution in [3.63, 3.8) is 0 Å². The van der Waals surface area contributed by atoms with Crippen molar-refractivity contribution in [1.29, 1.82) is 0 Å². The Bertz CT molecular complexity index is 388. The lowest BCUT2D eigenvalue weighted by Gasteiger charge is -2.03. The van der Waals surface area contributed by atoms with E-state index in [0.717, 1.165) is 0 Å². The zero-order valence-electron chi connectivity index (χ0n) is 7.69. The van der Waals surface area contributed by atoms with Crippen molar-refractivity contribution >= 4 is 11.6 Å². The summed E-state index contributed by atoms with van der Waals surface area (Å²) in [4.78, 5) is 20.7. The maximum absolute atomic E-state index is 10.7. The van der Waals surface area contributed by atoms with Gasteiger partial charge in [-0.25, -0.2) is 0 Å². The minimum atomic E-state index is -0.492. The summed E-state index contributed by atoms with van der Waals surface area (Å²) in [6.07, 6.45) is 0.0352. The van der Waals surface area contributed by atoms with E-state index in [0.29, 0.717) is 11.1 Å². The van der Waals surface area contributed by atoms with E-state index >= 15 is 0 Å². The molecule has 0 saturated carbocycles. The van der Waals surface area contributed by atoms with Gasteiger partial charge in [0.1, 0.15) is 0 Å². The molecule has 0 atom stereocenters. The van der Waals surface area contributed by atoms with E-state index in [9.17, 15) is 14.9 Å². The van der Waals surface area contributed by atoms with Crippen LogP contribution < -0.4 is 5.73 Å². The number of rotatable bonds is 3. The van der Waals surface area contributed by atoms with Crippen molar-refractivity contribution in [2.75, 3.05) is 0 Å². The molecule has 0 radical (unpaired) electrons. The van der Waals surface area contributed by atoms with Crippen LogP contribution >= 0.6 is 0 Å². The number of carbonyl (C=O) groups excluding carboxylic acids is 1. The number of nitrogens with two attached hydrogens (primary N) is 1. The summed E-state index contributed by atoms with van der Waals surface area (Å²) in [7, 11) is 0. The average molecular weight is 194 g/mol. The van der Waals surface area contributed by atoms with Crippen LogP contribution in [0.1, 0.15) is 11.1 Å². The molecule has 0 fully saturated rings. The van der Waals surface area contributed by atoms with Gasteiger partial charge in [0.25, 0.3) is 5.69 Å². The molecule has 1 rings (SSSR count). The van der Waals surface area contributed by atoms with Crippen LogP contribution in [0.25, 0.3) is 0 Å². The number of hydrogen-bond acceptors (Lipinski definition) is 3. The number of benzene rings is 1. The first-order chi connectivity index (χ1) is 6.52. The number of carbonyl (C=O) groups is 1. The Morgan fingerprint density at radius 3 is 2.71 bits per heavy atom. The van der Waals surface area contributed by atoms with Gasteiger partial charge >= 0.3 is 0 Å². The zero-order chi connectivity index (χ0) is 10.7. The van der Waals surface area contributed by atoms with Crippen molar-refractivity contribution in [1.82, 2.24) is 0 Å². The normalized spacial score (nSPS) is 9.79. The lowest BCUT2D eigenvalue weighted by Crippen LogP contribution is -2.14. The van der Waals surface area contributed by atoms with Gasteiger partial charge in [-0.05, 0) is 12.5 Å². The fourth-order valence-corrected chi connectivity index (χ4v) is 1.25. The molecule has 1 aromatic carbocycles. The van der Waals surface area contributed by atoms with Gasteiger partial charge in [0, 0.05) is 11.6 Å². The van der Waals surface area contributed by atoms with Gasteiger partial charge in [0.15, 0.2) is 0 Å². The fourth-order valence-electron chi connectivity index (χ4n) is 1.25. The molecule has 2 N–H and O–H groups in total. The zero-order valence-corrected chi connectivity index (χ0v) is 7.69. The highest BCUT2D eigenvalue weighted by Crippen LogP contribution is 2.21. The lowest BCUT2D eigenvalue weighted by molar-refractivity contribution is -0.385. The molecular weight excluding hydrogens is 184 g/mol. The molecule has 0 aliphatic carbocycles. The molecular formula is C9H10N2O3. The molecule has 0 aliphatic heterocycles. The van der Waals surface area contributed by atoms with Crippen LogP contribution in [-0.4, -0.2) is 10.8 Å². The number of nitro groups is 1. The molecule has 5 heteroatoms. The van der Waals surface area contributed by atoms with Crippen LogP contribution in [0, 0.1) is 17.0 Å². The van der Waals surface area contributed by atoms with E-state index in [1.807, 2.05) is 0 Å². The Labute approximate surface area is 80.7 Å². The molecule has 74 valence electrons. The van der Waals surface area contributed by atoms with E-state index in [1.165, 1.54) is 6.07 Å². The van der Waals surface area contributed by atoms with Crippen molar-refractivity contribution in [3.8, 4) is 0 Å². The Hall–Kier alpha value is -1.91. The Morgan fingerprint density at radius 1 is 1.57 bits per heavy atom. The molecule has 1 aromatic rings. The van der Waals surface area contributed by atoms with Crippen LogP contribution in [0.5, 0.6) is 0 Å². The Balaban J connectivity index is 3.13. The highest BCUT2D eigenvalue weighted by Gasteiger charge is 2.13. The topological polar surface area (TPSA) is 86.2 Å². The first kappa shape index (κ1) is 10.2. The molecule has 0 aliphatic rings. The molecule has 5 nitrogen and oxygen atoms in total. The van der Waals surface area contributed by atoms with Crippen LogP contribution in [0.3, 0.4) is 0 Å². The van der Waals surface area contributed by atoms with Gasteiger partial charge in [0.05, 0.1) is 11.3 Å². The summed E-state index contributed by atoms with van der Waals surface area (Å²) < 4.78 is 0. The molecule has 0 aromatic heterocycles. The van der Waals surface area contributed by atoms with E-state index in [4.69, 9.17) is 5.73 Å². The quantitative estimate of drug-likeness (QED) is 0.573. The van der Waals surface area contributed by atoms with Gasteiger partial charge in [-0.15, -0.1) is 0 Å². The van der Waals surface area contributed by atoms with Crippen molar-refractivity contribution in [3.05, 3.63) is 39.4 Å². The van der Waals surface area contributed by atoms with Gasteiger partial charge in [0.2, 0.25) is 5.91 Å². The number of amides is 1. The predicted molar refractivity (Wildman–Crippen MR) is 50.7 cm³/mol. The van der Waals surface area contributed by atoms with E-state index in [1.54, 1.807) is 19.1 Å². The molecule has 1 amide bonds. The fraction of sp³-hybridized carbons (Fsp3) is 0.222. The maximum Gasteiger partial charge on any atom is 0.272 e. The summed E-state index contributed by atoms with van der Waals surface area (Å²) in [5.41, 5.74) is 6.13. The number of hydrogen-bond donors (Lipinski definition) is 1. The van der Waals surface area contributed by atoms with Crippen molar-refractivity contribution in [2.24, 2.45) is 5.73 Å². The molecule has 0 heterocycles. The summed E-state index contributed by atoms with van der Waals surface area (Å²) >= 11 is 0. The van der Waals surface area contributed by atoms with Crippen LogP contribution in [0.2, 0.25) is 0 Å². The van der Waals surface area contributed by atoms with Crippen LogP contribution in [0.4, 0.5) is 5.69 Å². The number of primary amides is 1. The lowest BCUT2D eigenvalue weighted by atomic mass is 10.0. The summed E-state index contributed by atoms with van der Waals surface area (Å²) in [6.45, 7) is 1.61. The minimum Gasteiger partial charge on any atom is -0.369 e. The summed E-state index contributed by atoms with van der Waals surface area (Å²) in [5.74, 6) is -0.492. The summed E-state index contributed by atoms with van der Waals surface area (Å²) in [6, 6.07) is 4.61. The first-order valence-electron chi connectivity index (χ1n) is 4.03. The minimum absolute atomic E-state index is 0.0174. The average Bonchev–Trinajstić information content (AvgIpc) is 2.07. The molecule has 0 bridgehead atoms. The van der Waals surface area contributed by atoms with Crippen molar-refractivity contribution in [2.45, 2.75) is 13.3 Å². The largest absolute Gasteiger partial charge is 0.369 e. The van der Waals surface area contributed by atoms with E-state index < -0.39 is 10.8 Å². The predicted octanol–water partition coefficient (Wildman–Crippen LogP) is 0.931. The van der Waals surface area contributed by atoms with E-state index in [-0.39, 0.29) is 12.1 Å². The highest BCUT2D eigenvalue weighted by atomic mass is 16.6. The third-order valence-corrected chi connectivity index (χ3v) is 1.98. The molecule has 0 saturated heterocycles. The van der Waals surface area contributed by atoms with Gasteiger partial charge < -0.3 is 5.73 Å². The smallest absolute Gasteiger partial charge is 0.272 e. The monoisotopic (exact) mass is 194 g/mol. The van der Waals surface area contributed by atoms with Crippen LogP contribution in [0.15, 0.2) is 18.2 Å². The second kappa shape index (κ2) is 3.87. The van der Waals surface area contributed by atoms with Gasteiger partial charge in [-0.3, -0.25) is 14.9 Å². The number of nitro benzene ring substituents is 1. The SMILES string of the molecule is Cc1c(CC(N)=O)cccc1[N+](=O)[O-]. The third-order valence-electron chi connectivity index (χ3n) is 1.98. The van der Waals surface area contributed by atoms with Crippen molar-refractivity contribution < 1.29 is 9.72 Å².